The number of rotatable bonds is 3. The Morgan fingerprint density at radius 2 is 1.94 bits per heavy atom. The number of ether oxygens (including phenoxy) is 1. The van der Waals surface area contributed by atoms with Crippen molar-refractivity contribution in [2.45, 2.75) is 63.6 Å². The standard InChI is InChI=1S/C14H22O3/c1-3-9(2)12(15)17-14-7-10-4-11(8-14)6-13(14,16)5-10/h9-11,16H,3-8H2,1-2H3. The Morgan fingerprint density at radius 1 is 1.35 bits per heavy atom. The van der Waals surface area contributed by atoms with Gasteiger partial charge in [0.05, 0.1) is 5.92 Å². The van der Waals surface area contributed by atoms with Crippen LogP contribution in [0, 0.1) is 17.8 Å². The Morgan fingerprint density at radius 3 is 2.47 bits per heavy atom. The number of aliphatic hydroxyl groups is 1. The summed E-state index contributed by atoms with van der Waals surface area (Å²) in [6.45, 7) is 3.90. The number of carbonyl (C=O) groups excluding carboxylic acids is 1. The summed E-state index contributed by atoms with van der Waals surface area (Å²) in [6, 6.07) is 0. The van der Waals surface area contributed by atoms with Crippen LogP contribution in [-0.2, 0) is 9.53 Å². The third kappa shape index (κ3) is 1.48. The molecule has 0 radical (unpaired) electrons. The molecule has 0 amide bonds. The van der Waals surface area contributed by atoms with E-state index in [9.17, 15) is 9.90 Å². The molecule has 3 atom stereocenters. The normalized spacial score (nSPS) is 48.4. The van der Waals surface area contributed by atoms with Gasteiger partial charge in [0.15, 0.2) is 0 Å². The van der Waals surface area contributed by atoms with Gasteiger partial charge in [0.2, 0.25) is 0 Å². The van der Waals surface area contributed by atoms with Crippen LogP contribution in [0.3, 0.4) is 0 Å². The van der Waals surface area contributed by atoms with Crippen LogP contribution in [0.2, 0.25) is 0 Å². The maximum atomic E-state index is 12.0. The lowest BCUT2D eigenvalue weighted by atomic mass is 9.81. The SMILES string of the molecule is CCC(C)C(=O)OC12CC3CC(CC1(O)C3)C2. The molecule has 4 aliphatic rings. The highest BCUT2D eigenvalue weighted by atomic mass is 16.6. The Hall–Kier alpha value is -0.570. The zero-order chi connectivity index (χ0) is 12.3. The molecule has 0 aromatic heterocycles. The predicted molar refractivity (Wildman–Crippen MR) is 63.3 cm³/mol. The molecule has 4 rings (SSSR count). The van der Waals surface area contributed by atoms with Gasteiger partial charge < -0.3 is 9.84 Å². The molecular formula is C14H22O3. The smallest absolute Gasteiger partial charge is 0.309 e. The van der Waals surface area contributed by atoms with Crippen molar-refractivity contribution < 1.29 is 14.6 Å². The number of hydrogen-bond donors (Lipinski definition) is 1. The van der Waals surface area contributed by atoms with Crippen molar-refractivity contribution in [1.29, 1.82) is 0 Å². The predicted octanol–water partition coefficient (Wildman–Crippen LogP) is 2.27. The van der Waals surface area contributed by atoms with E-state index in [-0.39, 0.29) is 11.9 Å². The molecule has 4 aliphatic carbocycles. The fraction of sp³-hybridized carbons (Fsp3) is 0.929. The van der Waals surface area contributed by atoms with Crippen LogP contribution < -0.4 is 0 Å². The van der Waals surface area contributed by atoms with Gasteiger partial charge in [-0.3, -0.25) is 4.79 Å². The molecule has 96 valence electrons. The molecule has 3 unspecified atom stereocenters. The minimum atomic E-state index is -0.705. The van der Waals surface area contributed by atoms with Gasteiger partial charge in [0.25, 0.3) is 0 Å². The van der Waals surface area contributed by atoms with Crippen LogP contribution in [0.15, 0.2) is 0 Å². The van der Waals surface area contributed by atoms with Gasteiger partial charge in [-0.25, -0.2) is 0 Å². The summed E-state index contributed by atoms with van der Waals surface area (Å²) < 4.78 is 5.79. The summed E-state index contributed by atoms with van der Waals surface area (Å²) in [4.78, 5) is 12.0. The van der Waals surface area contributed by atoms with Crippen LogP contribution in [0.5, 0.6) is 0 Å². The third-order valence-corrected chi connectivity index (χ3v) is 5.32. The maximum Gasteiger partial charge on any atom is 0.309 e. The van der Waals surface area contributed by atoms with E-state index < -0.39 is 11.2 Å². The van der Waals surface area contributed by atoms with E-state index in [0.29, 0.717) is 11.8 Å². The average Bonchev–Trinajstić information content (AvgIpc) is 2.55. The van der Waals surface area contributed by atoms with E-state index in [1.807, 2.05) is 13.8 Å². The lowest BCUT2D eigenvalue weighted by Crippen LogP contribution is -2.49. The molecule has 1 N–H and O–H groups in total. The van der Waals surface area contributed by atoms with E-state index in [4.69, 9.17) is 4.74 Å². The first kappa shape index (κ1) is 11.5. The quantitative estimate of drug-likeness (QED) is 0.767. The first-order valence-corrected chi connectivity index (χ1v) is 6.93. The van der Waals surface area contributed by atoms with E-state index in [1.165, 1.54) is 6.42 Å². The topological polar surface area (TPSA) is 46.5 Å². The van der Waals surface area contributed by atoms with Crippen molar-refractivity contribution in [1.82, 2.24) is 0 Å². The molecule has 0 heterocycles. The first-order chi connectivity index (χ1) is 7.98. The Balaban J connectivity index is 1.81. The molecule has 4 bridgehead atoms. The number of esters is 1. The zero-order valence-electron chi connectivity index (χ0n) is 10.7. The van der Waals surface area contributed by atoms with E-state index >= 15 is 0 Å². The zero-order valence-corrected chi connectivity index (χ0v) is 10.7. The monoisotopic (exact) mass is 238 g/mol. The second-order valence-corrected chi connectivity index (χ2v) is 6.54. The minimum absolute atomic E-state index is 0.0499. The Labute approximate surface area is 103 Å². The van der Waals surface area contributed by atoms with Gasteiger partial charge >= 0.3 is 5.97 Å². The van der Waals surface area contributed by atoms with Crippen molar-refractivity contribution >= 4 is 5.97 Å². The number of carbonyl (C=O) groups is 1. The minimum Gasteiger partial charge on any atom is -0.456 e. The molecule has 3 nitrogen and oxygen atoms in total. The molecule has 4 fully saturated rings. The summed E-state index contributed by atoms with van der Waals surface area (Å²) in [5, 5.41) is 10.7. The molecule has 0 saturated heterocycles. The molecule has 0 aromatic rings. The first-order valence-electron chi connectivity index (χ1n) is 6.93. The van der Waals surface area contributed by atoms with Crippen molar-refractivity contribution in [2.24, 2.45) is 17.8 Å². The summed E-state index contributed by atoms with van der Waals surface area (Å²) in [7, 11) is 0. The third-order valence-electron chi connectivity index (χ3n) is 5.32. The van der Waals surface area contributed by atoms with E-state index in [1.54, 1.807) is 0 Å². The van der Waals surface area contributed by atoms with Crippen molar-refractivity contribution in [3.05, 3.63) is 0 Å². The van der Waals surface area contributed by atoms with Gasteiger partial charge in [-0.1, -0.05) is 13.8 Å². The van der Waals surface area contributed by atoms with Gasteiger partial charge in [-0.15, -0.1) is 0 Å². The van der Waals surface area contributed by atoms with Crippen molar-refractivity contribution in [3.63, 3.8) is 0 Å². The van der Waals surface area contributed by atoms with Gasteiger partial charge in [-0.2, -0.15) is 0 Å². The second-order valence-electron chi connectivity index (χ2n) is 6.54. The van der Waals surface area contributed by atoms with Gasteiger partial charge in [-0.05, 0) is 50.4 Å². The van der Waals surface area contributed by atoms with Gasteiger partial charge in [0, 0.05) is 0 Å². The molecule has 3 heteroatoms. The highest BCUT2D eigenvalue weighted by Gasteiger charge is 2.69. The van der Waals surface area contributed by atoms with Crippen LogP contribution in [0.1, 0.15) is 52.4 Å². The van der Waals surface area contributed by atoms with Gasteiger partial charge in [0.1, 0.15) is 11.2 Å². The van der Waals surface area contributed by atoms with Crippen LogP contribution in [-0.4, -0.2) is 22.3 Å². The largest absolute Gasteiger partial charge is 0.456 e. The summed E-state index contributed by atoms with van der Waals surface area (Å²) in [6.07, 6.45) is 5.50. The molecule has 0 aromatic carbocycles. The van der Waals surface area contributed by atoms with Crippen LogP contribution >= 0.6 is 0 Å². The fourth-order valence-electron chi connectivity index (χ4n) is 4.39. The van der Waals surface area contributed by atoms with Crippen molar-refractivity contribution in [2.75, 3.05) is 0 Å². The van der Waals surface area contributed by atoms with Crippen LogP contribution in [0.25, 0.3) is 0 Å². The fourth-order valence-corrected chi connectivity index (χ4v) is 4.39. The Kier molecular flexibility index (Phi) is 2.35. The van der Waals surface area contributed by atoms with E-state index in [0.717, 1.165) is 32.1 Å². The molecule has 0 aliphatic heterocycles. The summed E-state index contributed by atoms with van der Waals surface area (Å²) >= 11 is 0. The highest BCUT2D eigenvalue weighted by Crippen LogP contribution is 2.64. The van der Waals surface area contributed by atoms with Crippen molar-refractivity contribution in [3.8, 4) is 0 Å². The lowest BCUT2D eigenvalue weighted by molar-refractivity contribution is -0.185. The Bertz CT molecular complexity index is 335. The maximum absolute atomic E-state index is 12.0. The second kappa shape index (κ2) is 3.47. The highest BCUT2D eigenvalue weighted by molar-refractivity contribution is 5.72. The summed E-state index contributed by atoms with van der Waals surface area (Å²) in [5.41, 5.74) is -1.23. The molecule has 17 heavy (non-hydrogen) atoms. The molecule has 4 saturated carbocycles. The average molecular weight is 238 g/mol. The van der Waals surface area contributed by atoms with Crippen LogP contribution in [0.4, 0.5) is 0 Å². The lowest BCUT2D eigenvalue weighted by Gasteiger charge is -2.36. The number of hydrogen-bond acceptors (Lipinski definition) is 3. The summed E-state index contributed by atoms with van der Waals surface area (Å²) in [5.74, 6) is 0.995. The molecular weight excluding hydrogens is 216 g/mol. The molecule has 0 spiro atoms. The van der Waals surface area contributed by atoms with E-state index in [2.05, 4.69) is 0 Å².